The summed E-state index contributed by atoms with van der Waals surface area (Å²) < 4.78 is 2.26. The molecule has 4 nitrogen and oxygen atoms in total. The molecule has 17 heavy (non-hydrogen) atoms. The highest BCUT2D eigenvalue weighted by molar-refractivity contribution is 5.81. The molecule has 0 fully saturated rings. The third-order valence-electron chi connectivity index (χ3n) is 2.74. The summed E-state index contributed by atoms with van der Waals surface area (Å²) >= 11 is 0. The molecule has 2 aromatic rings. The number of aryl methyl sites for hydroxylation is 1. The Bertz CT molecular complexity index is 535. The zero-order valence-corrected chi connectivity index (χ0v) is 10.1. The van der Waals surface area contributed by atoms with Gasteiger partial charge in [0.05, 0.1) is 6.54 Å². The first kappa shape index (κ1) is 11.5. The molecule has 0 unspecified atom stereocenters. The predicted octanol–water partition coefficient (Wildman–Crippen LogP) is 1.82. The quantitative estimate of drug-likeness (QED) is 0.621. The van der Waals surface area contributed by atoms with Gasteiger partial charge in [-0.05, 0) is 35.6 Å². The molecular weight excluding hydrogens is 212 g/mol. The number of hydrogen-bond donors (Lipinski definition) is 2. The van der Waals surface area contributed by atoms with E-state index in [0.717, 1.165) is 18.5 Å². The van der Waals surface area contributed by atoms with Gasteiger partial charge < -0.3 is 16.0 Å². The third kappa shape index (κ3) is 2.58. The van der Waals surface area contributed by atoms with E-state index in [1.54, 1.807) is 0 Å². The fraction of sp³-hybridized carbons (Fsp3) is 0.308. The fourth-order valence-corrected chi connectivity index (χ4v) is 1.97. The van der Waals surface area contributed by atoms with Gasteiger partial charge in [-0.2, -0.15) is 0 Å². The van der Waals surface area contributed by atoms with Gasteiger partial charge in [-0.1, -0.05) is 13.0 Å². The first-order valence-corrected chi connectivity index (χ1v) is 5.84. The van der Waals surface area contributed by atoms with Crippen molar-refractivity contribution in [1.82, 2.24) is 4.57 Å². The highest BCUT2D eigenvalue weighted by atomic mass is 15.0. The number of guanidine groups is 1. The minimum absolute atomic E-state index is 0.133. The number of aliphatic imine (C=N–C) groups is 1. The molecule has 4 N–H and O–H groups in total. The Hall–Kier alpha value is -1.97. The molecule has 0 radical (unpaired) electrons. The van der Waals surface area contributed by atoms with E-state index in [2.05, 4.69) is 46.9 Å². The molecule has 90 valence electrons. The zero-order valence-electron chi connectivity index (χ0n) is 10.1. The Kier molecular flexibility index (Phi) is 3.32. The summed E-state index contributed by atoms with van der Waals surface area (Å²) in [6.07, 6.45) is 3.26. The molecule has 0 atom stereocenters. The maximum Gasteiger partial charge on any atom is 0.186 e. The molecule has 0 aliphatic heterocycles. The van der Waals surface area contributed by atoms with Crippen molar-refractivity contribution in [2.45, 2.75) is 26.4 Å². The molecule has 1 heterocycles. The molecule has 0 aliphatic carbocycles. The normalized spacial score (nSPS) is 10.6. The topological polar surface area (TPSA) is 69.3 Å². The zero-order chi connectivity index (χ0) is 12.3. The van der Waals surface area contributed by atoms with Crippen molar-refractivity contribution in [2.75, 3.05) is 0 Å². The molecule has 1 aromatic heterocycles. The van der Waals surface area contributed by atoms with Crippen LogP contribution in [0, 0.1) is 0 Å². The Morgan fingerprint density at radius 3 is 2.82 bits per heavy atom. The van der Waals surface area contributed by atoms with Crippen LogP contribution in [0.15, 0.2) is 35.5 Å². The van der Waals surface area contributed by atoms with Gasteiger partial charge in [0.15, 0.2) is 5.96 Å². The van der Waals surface area contributed by atoms with Gasteiger partial charge >= 0.3 is 0 Å². The average Bonchev–Trinajstić information content (AvgIpc) is 2.70. The van der Waals surface area contributed by atoms with E-state index in [-0.39, 0.29) is 5.96 Å². The van der Waals surface area contributed by atoms with Gasteiger partial charge in [0, 0.05) is 18.3 Å². The molecule has 0 spiro atoms. The fourth-order valence-electron chi connectivity index (χ4n) is 1.97. The average molecular weight is 230 g/mol. The molecule has 4 heteroatoms. The second-order valence-electron chi connectivity index (χ2n) is 4.14. The van der Waals surface area contributed by atoms with E-state index in [9.17, 15) is 0 Å². The van der Waals surface area contributed by atoms with Gasteiger partial charge in [0.25, 0.3) is 0 Å². The van der Waals surface area contributed by atoms with Gasteiger partial charge in [-0.15, -0.1) is 0 Å². The highest BCUT2D eigenvalue weighted by Gasteiger charge is 2.01. The Labute approximate surface area is 101 Å². The predicted molar refractivity (Wildman–Crippen MR) is 71.7 cm³/mol. The Balaban J connectivity index is 2.29. The van der Waals surface area contributed by atoms with Crippen LogP contribution in [-0.2, 0) is 13.1 Å². The second-order valence-corrected chi connectivity index (χ2v) is 4.14. The third-order valence-corrected chi connectivity index (χ3v) is 2.74. The van der Waals surface area contributed by atoms with Crippen LogP contribution in [-0.4, -0.2) is 10.5 Å². The first-order chi connectivity index (χ1) is 8.20. The number of hydrogen-bond acceptors (Lipinski definition) is 1. The monoisotopic (exact) mass is 230 g/mol. The minimum Gasteiger partial charge on any atom is -0.370 e. The summed E-state index contributed by atoms with van der Waals surface area (Å²) in [6.45, 7) is 3.77. The summed E-state index contributed by atoms with van der Waals surface area (Å²) in [4.78, 5) is 4.01. The molecule has 2 rings (SSSR count). The number of benzene rings is 1. The maximum atomic E-state index is 5.32. The van der Waals surface area contributed by atoms with Crippen LogP contribution in [0.3, 0.4) is 0 Å². The van der Waals surface area contributed by atoms with Gasteiger partial charge in [-0.3, -0.25) is 0 Å². The van der Waals surface area contributed by atoms with Gasteiger partial charge in [-0.25, -0.2) is 4.99 Å². The van der Waals surface area contributed by atoms with Crippen molar-refractivity contribution in [1.29, 1.82) is 0 Å². The van der Waals surface area contributed by atoms with E-state index >= 15 is 0 Å². The summed E-state index contributed by atoms with van der Waals surface area (Å²) in [5, 5.41) is 1.24. The largest absolute Gasteiger partial charge is 0.370 e. The van der Waals surface area contributed by atoms with Crippen LogP contribution in [0.2, 0.25) is 0 Å². The van der Waals surface area contributed by atoms with E-state index in [1.165, 1.54) is 10.9 Å². The van der Waals surface area contributed by atoms with Crippen LogP contribution in [0.25, 0.3) is 10.9 Å². The lowest BCUT2D eigenvalue weighted by atomic mass is 10.1. The molecule has 0 saturated carbocycles. The molecular formula is C13H18N4. The van der Waals surface area contributed by atoms with E-state index in [4.69, 9.17) is 11.5 Å². The summed E-state index contributed by atoms with van der Waals surface area (Å²) in [7, 11) is 0. The van der Waals surface area contributed by atoms with Crippen molar-refractivity contribution in [2.24, 2.45) is 16.5 Å². The van der Waals surface area contributed by atoms with Crippen LogP contribution in [0.5, 0.6) is 0 Å². The van der Waals surface area contributed by atoms with Crippen molar-refractivity contribution >= 4 is 16.9 Å². The van der Waals surface area contributed by atoms with E-state index < -0.39 is 0 Å². The SMILES string of the molecule is CCCn1ccc2cc(CN=C(N)N)ccc21. The number of aromatic nitrogens is 1. The Morgan fingerprint density at radius 2 is 2.12 bits per heavy atom. The summed E-state index contributed by atoms with van der Waals surface area (Å²) in [5.74, 6) is 0.133. The molecule has 0 saturated heterocycles. The molecule has 0 amide bonds. The van der Waals surface area contributed by atoms with E-state index in [1.807, 2.05) is 0 Å². The molecule has 1 aromatic carbocycles. The maximum absolute atomic E-state index is 5.32. The number of nitrogens with two attached hydrogens (primary N) is 2. The first-order valence-electron chi connectivity index (χ1n) is 5.84. The summed E-state index contributed by atoms with van der Waals surface area (Å²) in [6, 6.07) is 8.46. The standard InChI is InChI=1S/C13H18N4/c1-2-6-17-7-5-11-8-10(3-4-12(11)17)9-16-13(14)15/h3-5,7-8H,2,6,9H2,1H3,(H4,14,15,16). The van der Waals surface area contributed by atoms with Crippen LogP contribution in [0.1, 0.15) is 18.9 Å². The number of fused-ring (bicyclic) bond motifs is 1. The van der Waals surface area contributed by atoms with Crippen LogP contribution in [0.4, 0.5) is 0 Å². The Morgan fingerprint density at radius 1 is 1.29 bits per heavy atom. The number of nitrogens with zero attached hydrogens (tertiary/aromatic N) is 2. The molecule has 0 bridgehead atoms. The van der Waals surface area contributed by atoms with Gasteiger partial charge in [0.2, 0.25) is 0 Å². The number of rotatable bonds is 4. The van der Waals surface area contributed by atoms with Crippen molar-refractivity contribution in [3.63, 3.8) is 0 Å². The van der Waals surface area contributed by atoms with Crippen LogP contribution < -0.4 is 11.5 Å². The lowest BCUT2D eigenvalue weighted by Gasteiger charge is -2.03. The summed E-state index contributed by atoms with van der Waals surface area (Å²) in [5.41, 5.74) is 13.0. The smallest absolute Gasteiger partial charge is 0.186 e. The van der Waals surface area contributed by atoms with Crippen LogP contribution >= 0.6 is 0 Å². The lowest BCUT2D eigenvalue weighted by Crippen LogP contribution is -2.22. The van der Waals surface area contributed by atoms with Crippen molar-refractivity contribution < 1.29 is 0 Å². The minimum atomic E-state index is 0.133. The van der Waals surface area contributed by atoms with E-state index in [0.29, 0.717) is 6.54 Å². The highest BCUT2D eigenvalue weighted by Crippen LogP contribution is 2.18. The second kappa shape index (κ2) is 4.91. The van der Waals surface area contributed by atoms with Crippen molar-refractivity contribution in [3.8, 4) is 0 Å². The molecule has 0 aliphatic rings. The lowest BCUT2D eigenvalue weighted by molar-refractivity contribution is 0.703. The van der Waals surface area contributed by atoms with Crippen molar-refractivity contribution in [3.05, 3.63) is 36.0 Å². The van der Waals surface area contributed by atoms with Gasteiger partial charge in [0.1, 0.15) is 0 Å².